The molecule has 1 amide bonds. The van der Waals surface area contributed by atoms with Gasteiger partial charge < -0.3 is 15.2 Å². The van der Waals surface area contributed by atoms with Crippen LogP contribution in [0.2, 0.25) is 0 Å². The summed E-state index contributed by atoms with van der Waals surface area (Å²) < 4.78 is 7.47. The summed E-state index contributed by atoms with van der Waals surface area (Å²) in [7, 11) is 0. The Balaban J connectivity index is 2.55. The van der Waals surface area contributed by atoms with Crippen LogP contribution in [0.1, 0.15) is 33.4 Å². The second-order valence-corrected chi connectivity index (χ2v) is 6.16. The minimum Gasteiger partial charge on any atom is -0.444 e. The van der Waals surface area contributed by atoms with Gasteiger partial charge in [0, 0.05) is 6.04 Å². The lowest BCUT2D eigenvalue weighted by Crippen LogP contribution is -2.40. The Bertz CT molecular complexity index is 440. The van der Waals surface area contributed by atoms with Gasteiger partial charge in [0.05, 0.1) is 18.8 Å². The third-order valence-electron chi connectivity index (χ3n) is 2.21. The maximum absolute atomic E-state index is 11.6. The van der Waals surface area contributed by atoms with E-state index in [4.69, 9.17) is 4.74 Å². The van der Waals surface area contributed by atoms with E-state index in [2.05, 4.69) is 26.3 Å². The quantitative estimate of drug-likeness (QED) is 0.884. The van der Waals surface area contributed by atoms with Crippen molar-refractivity contribution in [3.8, 4) is 0 Å². The van der Waals surface area contributed by atoms with Crippen LogP contribution in [0, 0.1) is 0 Å². The average Bonchev–Trinajstić information content (AvgIpc) is 2.55. The molecule has 0 aliphatic rings. The normalized spacial score (nSPS) is 13.2. The number of ether oxygens (including phenoxy) is 1. The van der Waals surface area contributed by atoms with Crippen molar-refractivity contribution < 1.29 is 14.6 Å². The summed E-state index contributed by atoms with van der Waals surface area (Å²) in [6, 6.07) is 1.58. The van der Waals surface area contributed by atoms with Crippen LogP contribution in [0.4, 0.5) is 4.79 Å². The van der Waals surface area contributed by atoms with Crippen molar-refractivity contribution in [2.45, 2.75) is 52.5 Å². The molecule has 0 unspecified atom stereocenters. The molecule has 0 aromatic carbocycles. The summed E-state index contributed by atoms with van der Waals surface area (Å²) in [6.45, 7) is 7.64. The highest BCUT2D eigenvalue weighted by atomic mass is 79.9. The molecular formula is C12H20BrN3O3. The number of aliphatic hydroxyl groups excluding tert-OH is 1. The highest BCUT2D eigenvalue weighted by Gasteiger charge is 2.18. The first-order valence-electron chi connectivity index (χ1n) is 6.04. The van der Waals surface area contributed by atoms with Crippen LogP contribution in [0.3, 0.4) is 0 Å². The van der Waals surface area contributed by atoms with Gasteiger partial charge in [-0.25, -0.2) is 4.79 Å². The predicted octanol–water partition coefficient (Wildman–Crippen LogP) is 2.05. The predicted molar refractivity (Wildman–Crippen MR) is 74.7 cm³/mol. The lowest BCUT2D eigenvalue weighted by Gasteiger charge is -2.22. The topological polar surface area (TPSA) is 76.4 Å². The highest BCUT2D eigenvalue weighted by Crippen LogP contribution is 2.11. The van der Waals surface area contributed by atoms with Crippen molar-refractivity contribution in [2.24, 2.45) is 0 Å². The molecule has 1 aromatic heterocycles. The van der Waals surface area contributed by atoms with E-state index in [1.807, 2.05) is 27.7 Å². The molecule has 2 N–H and O–H groups in total. The maximum Gasteiger partial charge on any atom is 0.407 e. The lowest BCUT2D eigenvalue weighted by molar-refractivity contribution is 0.0503. The summed E-state index contributed by atoms with van der Waals surface area (Å²) in [4.78, 5) is 11.6. The standard InChI is InChI=1S/C12H20BrN3O3/c1-8(14-11(18)19-12(2,3)4)6-16-9(7-17)5-10(13)15-16/h5,8,17H,6-7H2,1-4H3,(H,14,18)/t8-/m0/s1. The van der Waals surface area contributed by atoms with E-state index in [0.29, 0.717) is 16.8 Å². The molecule has 0 fully saturated rings. The first kappa shape index (κ1) is 16.0. The number of carbonyl (C=O) groups is 1. The van der Waals surface area contributed by atoms with Crippen LogP contribution in [0.25, 0.3) is 0 Å². The van der Waals surface area contributed by atoms with Crippen molar-refractivity contribution in [2.75, 3.05) is 0 Å². The van der Waals surface area contributed by atoms with Crippen LogP contribution in [-0.4, -0.2) is 32.6 Å². The van der Waals surface area contributed by atoms with Crippen molar-refractivity contribution in [3.05, 3.63) is 16.4 Å². The molecule has 7 heteroatoms. The number of rotatable bonds is 4. The zero-order chi connectivity index (χ0) is 14.6. The molecule has 1 atom stereocenters. The Morgan fingerprint density at radius 2 is 2.26 bits per heavy atom. The number of nitrogens with zero attached hydrogens (tertiary/aromatic N) is 2. The Kier molecular flexibility index (Phi) is 5.37. The van der Waals surface area contributed by atoms with Gasteiger partial charge in [-0.05, 0) is 49.7 Å². The number of amides is 1. The molecule has 0 bridgehead atoms. The molecule has 0 aliphatic heterocycles. The summed E-state index contributed by atoms with van der Waals surface area (Å²) in [5.41, 5.74) is 0.166. The molecule has 0 saturated carbocycles. The van der Waals surface area contributed by atoms with Crippen LogP contribution in [0.5, 0.6) is 0 Å². The van der Waals surface area contributed by atoms with Gasteiger partial charge in [0.2, 0.25) is 0 Å². The zero-order valence-corrected chi connectivity index (χ0v) is 13.2. The van der Waals surface area contributed by atoms with Crippen LogP contribution in [-0.2, 0) is 17.9 Å². The molecule has 19 heavy (non-hydrogen) atoms. The van der Waals surface area contributed by atoms with E-state index < -0.39 is 11.7 Å². The van der Waals surface area contributed by atoms with Crippen LogP contribution < -0.4 is 5.32 Å². The average molecular weight is 334 g/mol. The Hall–Kier alpha value is -1.08. The number of hydrogen-bond donors (Lipinski definition) is 2. The monoisotopic (exact) mass is 333 g/mol. The van der Waals surface area contributed by atoms with E-state index in [1.165, 1.54) is 0 Å². The number of aliphatic hydroxyl groups is 1. The third-order valence-corrected chi connectivity index (χ3v) is 2.59. The highest BCUT2D eigenvalue weighted by molar-refractivity contribution is 9.10. The molecule has 0 spiro atoms. The number of aromatic nitrogens is 2. The van der Waals surface area contributed by atoms with Crippen molar-refractivity contribution >= 4 is 22.0 Å². The summed E-state index contributed by atoms with van der Waals surface area (Å²) in [5.74, 6) is 0. The Morgan fingerprint density at radius 3 is 2.79 bits per heavy atom. The summed E-state index contributed by atoms with van der Waals surface area (Å²) in [6.07, 6.45) is -0.461. The van der Waals surface area contributed by atoms with Gasteiger partial charge in [0.15, 0.2) is 0 Å². The molecule has 1 aromatic rings. The minimum atomic E-state index is -0.519. The molecular weight excluding hydrogens is 314 g/mol. The molecule has 0 aliphatic carbocycles. The smallest absolute Gasteiger partial charge is 0.407 e. The van der Waals surface area contributed by atoms with Gasteiger partial charge >= 0.3 is 6.09 Å². The lowest BCUT2D eigenvalue weighted by atomic mass is 10.2. The first-order valence-corrected chi connectivity index (χ1v) is 6.83. The number of carbonyl (C=O) groups excluding carboxylic acids is 1. The minimum absolute atomic E-state index is 0.0994. The van der Waals surface area contributed by atoms with Crippen molar-refractivity contribution in [1.82, 2.24) is 15.1 Å². The van der Waals surface area contributed by atoms with E-state index in [-0.39, 0.29) is 12.6 Å². The largest absolute Gasteiger partial charge is 0.444 e. The molecule has 6 nitrogen and oxygen atoms in total. The third kappa shape index (κ3) is 5.61. The summed E-state index contributed by atoms with van der Waals surface area (Å²) in [5, 5.41) is 16.1. The maximum atomic E-state index is 11.6. The fraction of sp³-hybridized carbons (Fsp3) is 0.667. The van der Waals surface area contributed by atoms with Gasteiger partial charge in [-0.3, -0.25) is 4.68 Å². The number of alkyl carbamates (subject to hydrolysis) is 1. The van der Waals surface area contributed by atoms with E-state index in [9.17, 15) is 9.90 Å². The molecule has 108 valence electrons. The first-order chi connectivity index (χ1) is 8.71. The number of nitrogens with one attached hydrogen (secondary N) is 1. The molecule has 0 saturated heterocycles. The van der Waals surface area contributed by atoms with Crippen molar-refractivity contribution in [3.63, 3.8) is 0 Å². The van der Waals surface area contributed by atoms with Gasteiger partial charge in [-0.1, -0.05) is 0 Å². The second-order valence-electron chi connectivity index (χ2n) is 5.35. The van der Waals surface area contributed by atoms with Gasteiger partial charge in [0.25, 0.3) is 0 Å². The fourth-order valence-corrected chi connectivity index (χ4v) is 1.98. The number of halogens is 1. The zero-order valence-electron chi connectivity index (χ0n) is 11.6. The second kappa shape index (κ2) is 6.38. The summed E-state index contributed by atoms with van der Waals surface area (Å²) >= 11 is 3.25. The molecule has 1 heterocycles. The fourth-order valence-electron chi connectivity index (χ4n) is 1.52. The van der Waals surface area contributed by atoms with Crippen LogP contribution >= 0.6 is 15.9 Å². The van der Waals surface area contributed by atoms with Crippen LogP contribution in [0.15, 0.2) is 10.7 Å². The van der Waals surface area contributed by atoms with Gasteiger partial charge in [0.1, 0.15) is 10.2 Å². The van der Waals surface area contributed by atoms with E-state index in [0.717, 1.165) is 0 Å². The Labute approximate surface area is 121 Å². The van der Waals surface area contributed by atoms with Gasteiger partial charge in [-0.15, -0.1) is 0 Å². The Morgan fingerprint density at radius 1 is 1.63 bits per heavy atom. The van der Waals surface area contributed by atoms with Crippen molar-refractivity contribution in [1.29, 1.82) is 0 Å². The van der Waals surface area contributed by atoms with E-state index >= 15 is 0 Å². The van der Waals surface area contributed by atoms with Gasteiger partial charge in [-0.2, -0.15) is 5.10 Å². The molecule has 0 radical (unpaired) electrons. The number of hydrogen-bond acceptors (Lipinski definition) is 4. The van der Waals surface area contributed by atoms with E-state index in [1.54, 1.807) is 10.7 Å². The SMILES string of the molecule is C[C@@H](Cn1nc(Br)cc1CO)NC(=O)OC(C)(C)C. The molecule has 1 rings (SSSR count).